The lowest BCUT2D eigenvalue weighted by molar-refractivity contribution is 0.300. The molecule has 2 heterocycles. The first-order valence-corrected chi connectivity index (χ1v) is 10.5. The normalized spacial score (nSPS) is 15.4. The number of hydrogen-bond acceptors (Lipinski definition) is 5. The Kier molecular flexibility index (Phi) is 5.92. The summed E-state index contributed by atoms with van der Waals surface area (Å²) >= 11 is 0. The number of pyridine rings is 1. The molecule has 0 atom stereocenters. The van der Waals surface area contributed by atoms with Crippen LogP contribution >= 0.6 is 0 Å². The zero-order valence-electron chi connectivity index (χ0n) is 17.1. The van der Waals surface area contributed by atoms with Gasteiger partial charge in [0.05, 0.1) is 18.4 Å². The number of rotatable bonds is 8. The van der Waals surface area contributed by atoms with Crippen molar-refractivity contribution < 1.29 is 9.13 Å². The van der Waals surface area contributed by atoms with E-state index in [1.165, 1.54) is 6.07 Å². The third-order valence-corrected chi connectivity index (χ3v) is 5.89. The predicted molar refractivity (Wildman–Crippen MR) is 111 cm³/mol. The Morgan fingerprint density at radius 1 is 1.27 bits per heavy atom. The molecule has 0 saturated heterocycles. The monoisotopic (exact) mass is 411 g/mol. The number of nitrogens with zero attached hydrogens (tertiary/aromatic N) is 4. The van der Waals surface area contributed by atoms with Crippen molar-refractivity contribution in [1.82, 2.24) is 25.2 Å². The molecule has 0 aliphatic heterocycles. The van der Waals surface area contributed by atoms with Gasteiger partial charge in [0.25, 0.3) is 0 Å². The molecule has 1 aromatic carbocycles. The van der Waals surface area contributed by atoms with Gasteiger partial charge in [0.1, 0.15) is 5.82 Å². The van der Waals surface area contributed by atoms with E-state index < -0.39 is 0 Å². The smallest absolute Gasteiger partial charge is 0.234 e. The van der Waals surface area contributed by atoms with E-state index in [4.69, 9.17) is 4.74 Å². The minimum atomic E-state index is -0.243. The van der Waals surface area contributed by atoms with Gasteiger partial charge >= 0.3 is 0 Å². The van der Waals surface area contributed by atoms with Crippen LogP contribution in [0.25, 0.3) is 11.4 Å². The lowest BCUT2D eigenvalue weighted by Crippen LogP contribution is -2.29. The Morgan fingerprint density at radius 3 is 2.80 bits per heavy atom. The van der Waals surface area contributed by atoms with Crippen LogP contribution in [-0.2, 0) is 12.0 Å². The molecule has 1 saturated carbocycles. The zero-order chi connectivity index (χ0) is 21.0. The number of aromatic amines is 1. The summed E-state index contributed by atoms with van der Waals surface area (Å²) in [7, 11) is 0. The highest BCUT2D eigenvalue weighted by Crippen LogP contribution is 2.42. The third-order valence-electron chi connectivity index (χ3n) is 5.89. The molecule has 1 aliphatic rings. The number of hydrogen-bond donors (Lipinski definition) is 1. The largest absolute Gasteiger partial charge is 0.488 e. The molecule has 0 spiro atoms. The molecule has 1 aliphatic carbocycles. The standard InChI is InChI=1S/C22H26FN5O2/c1-2-3-11-30-19-14-28(13-18(20(19)29)21-24-26-27-25-21)15-22(9-4-5-10-22)16-7-6-8-17(23)12-16/h6-8,12-14H,2-5,9-11,15H2,1H3,(H,24,25,26,27). The summed E-state index contributed by atoms with van der Waals surface area (Å²) in [6, 6.07) is 6.87. The molecule has 1 N–H and O–H groups in total. The quantitative estimate of drug-likeness (QED) is 0.569. The van der Waals surface area contributed by atoms with Crippen LogP contribution in [0.5, 0.6) is 5.75 Å². The lowest BCUT2D eigenvalue weighted by atomic mass is 9.78. The summed E-state index contributed by atoms with van der Waals surface area (Å²) in [6.07, 6.45) is 9.47. The van der Waals surface area contributed by atoms with Crippen molar-refractivity contribution in [2.75, 3.05) is 6.61 Å². The zero-order valence-corrected chi connectivity index (χ0v) is 17.1. The Balaban J connectivity index is 1.74. The van der Waals surface area contributed by atoms with Crippen LogP contribution in [-0.4, -0.2) is 31.8 Å². The first-order valence-electron chi connectivity index (χ1n) is 10.5. The van der Waals surface area contributed by atoms with Crippen molar-refractivity contribution in [3.63, 3.8) is 0 Å². The maximum absolute atomic E-state index is 14.0. The number of aromatic nitrogens is 5. The minimum absolute atomic E-state index is 0.186. The van der Waals surface area contributed by atoms with E-state index in [0.29, 0.717) is 24.5 Å². The molecule has 2 aromatic heterocycles. The topological polar surface area (TPSA) is 85.7 Å². The summed E-state index contributed by atoms with van der Waals surface area (Å²) in [5.74, 6) is 0.362. The summed E-state index contributed by atoms with van der Waals surface area (Å²) in [4.78, 5) is 12.9. The fourth-order valence-corrected chi connectivity index (χ4v) is 4.32. The molecular formula is C22H26FN5O2. The second-order valence-corrected chi connectivity index (χ2v) is 7.99. The lowest BCUT2D eigenvalue weighted by Gasteiger charge is -2.31. The van der Waals surface area contributed by atoms with Crippen LogP contribution in [0.4, 0.5) is 4.39 Å². The number of unbranched alkanes of at least 4 members (excludes halogenated alkanes) is 1. The average Bonchev–Trinajstić information content (AvgIpc) is 3.43. The fourth-order valence-electron chi connectivity index (χ4n) is 4.32. The number of tetrazole rings is 1. The van der Waals surface area contributed by atoms with Gasteiger partial charge < -0.3 is 9.30 Å². The molecule has 30 heavy (non-hydrogen) atoms. The highest BCUT2D eigenvalue weighted by molar-refractivity contribution is 5.54. The van der Waals surface area contributed by atoms with E-state index in [-0.39, 0.29) is 22.4 Å². The maximum Gasteiger partial charge on any atom is 0.234 e. The van der Waals surface area contributed by atoms with Gasteiger partial charge in [-0.1, -0.05) is 38.3 Å². The van der Waals surface area contributed by atoms with E-state index in [2.05, 4.69) is 27.5 Å². The summed E-state index contributed by atoms with van der Waals surface area (Å²) in [6.45, 7) is 3.16. The van der Waals surface area contributed by atoms with E-state index in [1.54, 1.807) is 24.5 Å². The van der Waals surface area contributed by atoms with E-state index >= 15 is 0 Å². The Hall–Kier alpha value is -3.03. The molecular weight excluding hydrogens is 385 g/mol. The molecule has 3 aromatic rings. The van der Waals surface area contributed by atoms with Crippen LogP contribution in [0, 0.1) is 5.82 Å². The molecule has 4 rings (SSSR count). The van der Waals surface area contributed by atoms with Gasteiger partial charge in [-0.05, 0) is 47.4 Å². The first kappa shape index (κ1) is 20.3. The van der Waals surface area contributed by atoms with Crippen molar-refractivity contribution in [2.24, 2.45) is 0 Å². The van der Waals surface area contributed by atoms with E-state index in [0.717, 1.165) is 44.1 Å². The average molecular weight is 411 g/mol. The third kappa shape index (κ3) is 4.13. The van der Waals surface area contributed by atoms with E-state index in [1.807, 2.05) is 10.6 Å². The maximum atomic E-state index is 14.0. The molecule has 0 unspecified atom stereocenters. The van der Waals surface area contributed by atoms with Gasteiger partial charge in [-0.3, -0.25) is 4.79 Å². The van der Waals surface area contributed by atoms with Crippen molar-refractivity contribution >= 4 is 0 Å². The summed E-state index contributed by atoms with van der Waals surface area (Å²) in [5.41, 5.74) is 0.929. The van der Waals surface area contributed by atoms with Gasteiger partial charge in [0.15, 0.2) is 11.6 Å². The number of halogens is 1. The number of H-pyrrole nitrogens is 1. The van der Waals surface area contributed by atoms with Crippen LogP contribution < -0.4 is 10.2 Å². The van der Waals surface area contributed by atoms with Crippen molar-refractivity contribution in [2.45, 2.75) is 57.4 Å². The van der Waals surface area contributed by atoms with Crippen LogP contribution in [0.1, 0.15) is 51.0 Å². The number of ether oxygens (including phenoxy) is 1. The highest BCUT2D eigenvalue weighted by Gasteiger charge is 2.36. The summed E-state index contributed by atoms with van der Waals surface area (Å²) < 4.78 is 21.7. The predicted octanol–water partition coefficient (Wildman–Crippen LogP) is 3.86. The molecule has 8 heteroatoms. The van der Waals surface area contributed by atoms with Crippen LogP contribution in [0.15, 0.2) is 41.5 Å². The van der Waals surface area contributed by atoms with E-state index in [9.17, 15) is 9.18 Å². The first-order chi connectivity index (χ1) is 14.6. The van der Waals surface area contributed by atoms with Crippen molar-refractivity contribution in [3.05, 3.63) is 58.3 Å². The molecule has 0 bridgehead atoms. The van der Waals surface area contributed by atoms with Gasteiger partial charge in [-0.25, -0.2) is 9.49 Å². The highest BCUT2D eigenvalue weighted by atomic mass is 19.1. The van der Waals surface area contributed by atoms with Gasteiger partial charge in [-0.15, -0.1) is 5.10 Å². The van der Waals surface area contributed by atoms with Crippen LogP contribution in [0.2, 0.25) is 0 Å². The van der Waals surface area contributed by atoms with Gasteiger partial charge in [0, 0.05) is 18.2 Å². The SMILES string of the molecule is CCCCOc1cn(CC2(c3cccc(F)c3)CCCC2)cc(-c2nnn[nH]2)c1=O. The Labute approximate surface area is 174 Å². The summed E-state index contributed by atoms with van der Waals surface area (Å²) in [5, 5.41) is 13.8. The van der Waals surface area contributed by atoms with Crippen molar-refractivity contribution in [1.29, 1.82) is 0 Å². The number of benzene rings is 1. The Morgan fingerprint density at radius 2 is 2.10 bits per heavy atom. The molecule has 158 valence electrons. The molecule has 0 radical (unpaired) electrons. The minimum Gasteiger partial charge on any atom is -0.488 e. The fraction of sp³-hybridized carbons (Fsp3) is 0.455. The van der Waals surface area contributed by atoms with Crippen LogP contribution in [0.3, 0.4) is 0 Å². The van der Waals surface area contributed by atoms with Crippen molar-refractivity contribution in [3.8, 4) is 17.1 Å². The second-order valence-electron chi connectivity index (χ2n) is 7.99. The molecule has 7 nitrogen and oxygen atoms in total. The number of nitrogens with one attached hydrogen (secondary N) is 1. The molecule has 1 fully saturated rings. The Bertz CT molecular complexity index is 1040. The second kappa shape index (κ2) is 8.77. The van der Waals surface area contributed by atoms with Gasteiger partial charge in [-0.2, -0.15) is 0 Å². The molecule has 0 amide bonds. The van der Waals surface area contributed by atoms with Gasteiger partial charge in [0.2, 0.25) is 5.43 Å².